The normalized spacial score (nSPS) is 15.4. The van der Waals surface area contributed by atoms with Gasteiger partial charge in [0.15, 0.2) is 0 Å². The summed E-state index contributed by atoms with van der Waals surface area (Å²) in [6, 6.07) is 5.26. The molecule has 1 N–H and O–H groups in total. The number of carbonyl (C=O) groups excluding carboxylic acids is 1. The van der Waals surface area contributed by atoms with E-state index >= 15 is 0 Å². The maximum Gasteiger partial charge on any atom is 0.257 e. The van der Waals surface area contributed by atoms with Crippen molar-refractivity contribution in [1.82, 2.24) is 10.2 Å². The third kappa shape index (κ3) is 4.17. The molecule has 3 nitrogen and oxygen atoms in total. The fourth-order valence-electron chi connectivity index (χ4n) is 2.78. The summed E-state index contributed by atoms with van der Waals surface area (Å²) in [5.74, 6) is -0.549. The Morgan fingerprint density at radius 2 is 2.05 bits per heavy atom. The Morgan fingerprint density at radius 3 is 2.67 bits per heavy atom. The summed E-state index contributed by atoms with van der Waals surface area (Å²) in [7, 11) is 0. The Labute approximate surface area is 132 Å². The molecule has 5 heteroatoms. The molecule has 0 unspecified atom stereocenters. The Morgan fingerprint density at radius 1 is 1.38 bits per heavy atom. The number of nitrogens with one attached hydrogen (secondary N) is 1. The van der Waals surface area contributed by atoms with Gasteiger partial charge in [0.2, 0.25) is 0 Å². The predicted molar refractivity (Wildman–Crippen MR) is 85.6 cm³/mol. The summed E-state index contributed by atoms with van der Waals surface area (Å²) in [6.45, 7) is 6.29. The standard InChI is InChI=1S/C16H23FN2O.ClH/c1-3-11-19(13-7-9-18-10-8-13)16(20)14-6-4-5-12(2)15(14)17;/h4-6,13,18H,3,7-11H2,1-2H3;1H. The second-order valence-corrected chi connectivity index (χ2v) is 5.42. The van der Waals surface area contributed by atoms with Gasteiger partial charge < -0.3 is 10.2 Å². The van der Waals surface area contributed by atoms with Crippen molar-refractivity contribution in [3.63, 3.8) is 0 Å². The molecule has 1 aromatic carbocycles. The van der Waals surface area contributed by atoms with Crippen molar-refractivity contribution in [2.75, 3.05) is 19.6 Å². The summed E-state index contributed by atoms with van der Waals surface area (Å²) >= 11 is 0. The molecule has 2 rings (SSSR count). The zero-order valence-electron chi connectivity index (χ0n) is 12.7. The van der Waals surface area contributed by atoms with Crippen LogP contribution in [0.15, 0.2) is 18.2 Å². The highest BCUT2D eigenvalue weighted by Crippen LogP contribution is 2.19. The lowest BCUT2D eigenvalue weighted by Crippen LogP contribution is -2.46. The number of halogens is 2. The molecular formula is C16H24ClFN2O. The second kappa shape index (κ2) is 8.35. The Kier molecular flexibility index (Phi) is 7.12. The fraction of sp³-hybridized carbons (Fsp3) is 0.562. The van der Waals surface area contributed by atoms with E-state index in [1.807, 2.05) is 11.8 Å². The van der Waals surface area contributed by atoms with E-state index in [1.54, 1.807) is 25.1 Å². The van der Waals surface area contributed by atoms with E-state index in [-0.39, 0.29) is 35.7 Å². The van der Waals surface area contributed by atoms with E-state index in [9.17, 15) is 9.18 Å². The van der Waals surface area contributed by atoms with E-state index in [0.717, 1.165) is 32.4 Å². The molecule has 0 radical (unpaired) electrons. The van der Waals surface area contributed by atoms with Crippen molar-refractivity contribution >= 4 is 18.3 Å². The van der Waals surface area contributed by atoms with Crippen molar-refractivity contribution < 1.29 is 9.18 Å². The molecule has 0 aliphatic carbocycles. The van der Waals surface area contributed by atoms with Gasteiger partial charge in [-0.15, -0.1) is 12.4 Å². The number of aryl methyl sites for hydroxylation is 1. The van der Waals surface area contributed by atoms with Crippen LogP contribution < -0.4 is 5.32 Å². The number of amides is 1. The van der Waals surface area contributed by atoms with Crippen LogP contribution >= 0.6 is 12.4 Å². The molecule has 1 aliphatic heterocycles. The lowest BCUT2D eigenvalue weighted by Gasteiger charge is -2.34. The molecule has 0 aromatic heterocycles. The van der Waals surface area contributed by atoms with Crippen molar-refractivity contribution in [3.8, 4) is 0 Å². The average molecular weight is 315 g/mol. The van der Waals surface area contributed by atoms with Gasteiger partial charge in [-0.3, -0.25) is 4.79 Å². The molecular weight excluding hydrogens is 291 g/mol. The Balaban J connectivity index is 0.00000220. The second-order valence-electron chi connectivity index (χ2n) is 5.42. The summed E-state index contributed by atoms with van der Waals surface area (Å²) in [4.78, 5) is 14.5. The van der Waals surface area contributed by atoms with Crippen molar-refractivity contribution in [3.05, 3.63) is 35.1 Å². The summed E-state index contributed by atoms with van der Waals surface area (Å²) in [5.41, 5.74) is 0.731. The first-order valence-electron chi connectivity index (χ1n) is 7.42. The van der Waals surface area contributed by atoms with E-state index in [2.05, 4.69) is 5.32 Å². The number of carbonyl (C=O) groups is 1. The minimum Gasteiger partial charge on any atom is -0.335 e. The predicted octanol–water partition coefficient (Wildman–Crippen LogP) is 3.16. The SMILES string of the molecule is CCCN(C(=O)c1cccc(C)c1F)C1CCNCC1.Cl. The van der Waals surface area contributed by atoms with Gasteiger partial charge in [-0.05, 0) is 50.9 Å². The summed E-state index contributed by atoms with van der Waals surface area (Å²) in [5, 5.41) is 3.30. The monoisotopic (exact) mass is 314 g/mol. The smallest absolute Gasteiger partial charge is 0.257 e. The van der Waals surface area contributed by atoms with Crippen LogP contribution in [0.2, 0.25) is 0 Å². The zero-order valence-corrected chi connectivity index (χ0v) is 13.5. The highest BCUT2D eigenvalue weighted by atomic mass is 35.5. The van der Waals surface area contributed by atoms with E-state index in [4.69, 9.17) is 0 Å². The summed E-state index contributed by atoms with van der Waals surface area (Å²) < 4.78 is 14.2. The first kappa shape index (κ1) is 17.9. The van der Waals surface area contributed by atoms with Gasteiger partial charge in [0.05, 0.1) is 5.56 Å². The lowest BCUT2D eigenvalue weighted by molar-refractivity contribution is 0.0637. The van der Waals surface area contributed by atoms with Gasteiger partial charge in [-0.25, -0.2) is 4.39 Å². The van der Waals surface area contributed by atoms with Gasteiger partial charge in [0, 0.05) is 12.6 Å². The minimum atomic E-state index is -0.382. The van der Waals surface area contributed by atoms with Crippen molar-refractivity contribution in [2.24, 2.45) is 0 Å². The number of benzene rings is 1. The third-order valence-corrected chi connectivity index (χ3v) is 3.90. The maximum absolute atomic E-state index is 14.2. The van der Waals surface area contributed by atoms with Gasteiger partial charge in [-0.1, -0.05) is 19.1 Å². The van der Waals surface area contributed by atoms with E-state index < -0.39 is 0 Å². The topological polar surface area (TPSA) is 32.3 Å². The van der Waals surface area contributed by atoms with Crippen LogP contribution in [-0.2, 0) is 0 Å². The Bertz CT molecular complexity index is 475. The van der Waals surface area contributed by atoms with Gasteiger partial charge in [0.25, 0.3) is 5.91 Å². The number of piperidine rings is 1. The number of rotatable bonds is 4. The molecule has 1 aliphatic rings. The van der Waals surface area contributed by atoms with Crippen LogP contribution in [-0.4, -0.2) is 36.5 Å². The molecule has 1 heterocycles. The molecule has 0 saturated carbocycles. The van der Waals surface area contributed by atoms with E-state index in [1.165, 1.54) is 0 Å². The van der Waals surface area contributed by atoms with Crippen LogP contribution in [0.1, 0.15) is 42.1 Å². The molecule has 0 spiro atoms. The van der Waals surface area contributed by atoms with Crippen LogP contribution in [0.3, 0.4) is 0 Å². The largest absolute Gasteiger partial charge is 0.335 e. The van der Waals surface area contributed by atoms with Crippen molar-refractivity contribution in [2.45, 2.75) is 39.2 Å². The van der Waals surface area contributed by atoms with Gasteiger partial charge in [-0.2, -0.15) is 0 Å². The quantitative estimate of drug-likeness (QED) is 0.926. The highest BCUT2D eigenvalue weighted by molar-refractivity contribution is 5.95. The molecule has 1 amide bonds. The number of nitrogens with zero attached hydrogens (tertiary/aromatic N) is 1. The molecule has 0 atom stereocenters. The molecule has 21 heavy (non-hydrogen) atoms. The van der Waals surface area contributed by atoms with Gasteiger partial charge in [0.1, 0.15) is 5.82 Å². The number of hydrogen-bond donors (Lipinski definition) is 1. The lowest BCUT2D eigenvalue weighted by atomic mass is 10.0. The van der Waals surface area contributed by atoms with Crippen LogP contribution in [0.4, 0.5) is 4.39 Å². The highest BCUT2D eigenvalue weighted by Gasteiger charge is 2.27. The first-order chi connectivity index (χ1) is 9.65. The van der Waals surface area contributed by atoms with Crippen molar-refractivity contribution in [1.29, 1.82) is 0 Å². The fourth-order valence-corrected chi connectivity index (χ4v) is 2.78. The molecule has 1 saturated heterocycles. The average Bonchev–Trinajstić information content (AvgIpc) is 2.48. The first-order valence-corrected chi connectivity index (χ1v) is 7.42. The van der Waals surface area contributed by atoms with Gasteiger partial charge >= 0.3 is 0 Å². The molecule has 1 fully saturated rings. The summed E-state index contributed by atoms with van der Waals surface area (Å²) in [6.07, 6.45) is 2.78. The number of hydrogen-bond acceptors (Lipinski definition) is 2. The Hall–Kier alpha value is -1.13. The van der Waals surface area contributed by atoms with Crippen LogP contribution in [0.25, 0.3) is 0 Å². The minimum absolute atomic E-state index is 0. The molecule has 118 valence electrons. The van der Waals surface area contributed by atoms with E-state index in [0.29, 0.717) is 12.1 Å². The van der Waals surface area contributed by atoms with Crippen LogP contribution in [0.5, 0.6) is 0 Å². The zero-order chi connectivity index (χ0) is 14.5. The maximum atomic E-state index is 14.2. The molecule has 1 aromatic rings. The molecule has 0 bridgehead atoms. The third-order valence-electron chi connectivity index (χ3n) is 3.90. The van der Waals surface area contributed by atoms with Crippen LogP contribution in [0, 0.1) is 12.7 Å².